The van der Waals surface area contributed by atoms with Crippen molar-refractivity contribution in [1.29, 1.82) is 0 Å². The molecule has 0 N–H and O–H groups in total. The topological polar surface area (TPSA) is 36.9 Å². The molecule has 0 aliphatic rings. The van der Waals surface area contributed by atoms with Crippen molar-refractivity contribution in [2.24, 2.45) is 0 Å². The number of ether oxygens (including phenoxy) is 4. The molecule has 0 aromatic heterocycles. The molecule has 0 aromatic rings. The van der Waals surface area contributed by atoms with E-state index in [1.54, 1.807) is 24.3 Å². The van der Waals surface area contributed by atoms with Crippen molar-refractivity contribution >= 4 is 0 Å². The summed E-state index contributed by atoms with van der Waals surface area (Å²) in [4.78, 5) is 0. The van der Waals surface area contributed by atoms with Crippen LogP contribution < -0.4 is 0 Å². The molecule has 0 saturated heterocycles. The predicted octanol–water partition coefficient (Wildman–Crippen LogP) is 2.92. The average molecular weight is 252 g/mol. The monoisotopic (exact) mass is 252 g/mol. The Kier molecular flexibility index (Phi) is 10.1. The van der Waals surface area contributed by atoms with Gasteiger partial charge in [-0.25, -0.2) is 0 Å². The lowest BCUT2D eigenvalue weighted by Gasteiger charge is -2.15. The maximum absolute atomic E-state index is 5.32. The standard InChI is InChI=1S/C14H20O4/c1-5-9-15-13(16-10-6-2)14(17-11-7-3)18-12-8-4/h5-8H,1-4,9-12H2. The molecule has 0 unspecified atom stereocenters. The Labute approximate surface area is 108 Å². The second-order valence-electron chi connectivity index (χ2n) is 2.97. The Balaban J connectivity index is 4.79. The van der Waals surface area contributed by atoms with Gasteiger partial charge in [0.25, 0.3) is 0 Å². The molecule has 0 aliphatic carbocycles. The second-order valence-corrected chi connectivity index (χ2v) is 2.97. The zero-order valence-corrected chi connectivity index (χ0v) is 10.6. The van der Waals surface area contributed by atoms with Crippen LogP contribution in [0.5, 0.6) is 0 Å². The fourth-order valence-corrected chi connectivity index (χ4v) is 0.857. The van der Waals surface area contributed by atoms with Gasteiger partial charge in [0.2, 0.25) is 0 Å². The third kappa shape index (κ3) is 7.22. The minimum atomic E-state index is 0.151. The molecule has 0 bridgehead atoms. The highest BCUT2D eigenvalue weighted by atomic mass is 16.7. The van der Waals surface area contributed by atoms with E-state index in [9.17, 15) is 0 Å². The lowest BCUT2D eigenvalue weighted by Crippen LogP contribution is -2.09. The van der Waals surface area contributed by atoms with Crippen molar-refractivity contribution in [2.75, 3.05) is 26.4 Å². The number of rotatable bonds is 12. The Morgan fingerprint density at radius 2 is 0.778 bits per heavy atom. The Bertz CT molecular complexity index is 247. The van der Waals surface area contributed by atoms with Gasteiger partial charge in [-0.3, -0.25) is 0 Å². The van der Waals surface area contributed by atoms with Crippen LogP contribution in [0, 0.1) is 0 Å². The van der Waals surface area contributed by atoms with Crippen molar-refractivity contribution in [1.82, 2.24) is 0 Å². The van der Waals surface area contributed by atoms with Gasteiger partial charge in [0.05, 0.1) is 0 Å². The third-order valence-electron chi connectivity index (χ3n) is 1.50. The summed E-state index contributed by atoms with van der Waals surface area (Å²) >= 11 is 0. The molecule has 4 heteroatoms. The Morgan fingerprint density at radius 1 is 0.556 bits per heavy atom. The van der Waals surface area contributed by atoms with Crippen molar-refractivity contribution < 1.29 is 18.9 Å². The summed E-state index contributed by atoms with van der Waals surface area (Å²) in [5, 5.41) is 0. The van der Waals surface area contributed by atoms with E-state index in [1.165, 1.54) is 0 Å². The highest BCUT2D eigenvalue weighted by molar-refractivity contribution is 4.91. The molecular weight excluding hydrogens is 232 g/mol. The van der Waals surface area contributed by atoms with Crippen LogP contribution in [0.1, 0.15) is 0 Å². The van der Waals surface area contributed by atoms with Crippen LogP contribution in [0.15, 0.2) is 62.5 Å². The molecule has 0 fully saturated rings. The van der Waals surface area contributed by atoms with Crippen LogP contribution in [-0.4, -0.2) is 26.4 Å². The quantitative estimate of drug-likeness (QED) is 0.395. The Hall–Kier alpha value is -2.10. The molecule has 0 spiro atoms. The maximum Gasteiger partial charge on any atom is 0.364 e. The zero-order chi connectivity index (χ0) is 13.6. The lowest BCUT2D eigenvalue weighted by molar-refractivity contribution is -0.0236. The van der Waals surface area contributed by atoms with Gasteiger partial charge in [-0.15, -0.1) is 0 Å². The molecule has 0 rings (SSSR count). The van der Waals surface area contributed by atoms with E-state index in [0.29, 0.717) is 0 Å². The third-order valence-corrected chi connectivity index (χ3v) is 1.50. The normalized spacial score (nSPS) is 8.67. The fraction of sp³-hybridized carbons (Fsp3) is 0.286. The minimum Gasteiger partial charge on any atom is -0.456 e. The summed E-state index contributed by atoms with van der Waals surface area (Å²) in [6.45, 7) is 15.4. The first-order chi connectivity index (χ1) is 8.79. The fourth-order valence-electron chi connectivity index (χ4n) is 0.857. The zero-order valence-electron chi connectivity index (χ0n) is 10.6. The van der Waals surface area contributed by atoms with Crippen molar-refractivity contribution in [3.8, 4) is 0 Å². The van der Waals surface area contributed by atoms with E-state index in [0.717, 1.165) is 0 Å². The van der Waals surface area contributed by atoms with E-state index in [2.05, 4.69) is 26.3 Å². The summed E-state index contributed by atoms with van der Waals surface area (Å²) in [6.07, 6.45) is 6.37. The van der Waals surface area contributed by atoms with Gasteiger partial charge >= 0.3 is 11.9 Å². The SMILES string of the molecule is C=CCOC(OCC=C)=C(OCC=C)OCC=C. The predicted molar refractivity (Wildman–Crippen MR) is 71.6 cm³/mol. The van der Waals surface area contributed by atoms with E-state index in [1.807, 2.05) is 0 Å². The number of hydrogen-bond acceptors (Lipinski definition) is 4. The second kappa shape index (κ2) is 11.4. The minimum absolute atomic E-state index is 0.151. The molecule has 4 nitrogen and oxygen atoms in total. The van der Waals surface area contributed by atoms with Gasteiger partial charge in [-0.2, -0.15) is 0 Å². The average Bonchev–Trinajstić information content (AvgIpc) is 2.40. The molecule has 0 saturated carbocycles. The van der Waals surface area contributed by atoms with Crippen molar-refractivity contribution in [3.05, 3.63) is 62.5 Å². The summed E-state index contributed by atoms with van der Waals surface area (Å²) in [5.41, 5.74) is 0. The van der Waals surface area contributed by atoms with E-state index < -0.39 is 0 Å². The summed E-state index contributed by atoms with van der Waals surface area (Å²) in [5.74, 6) is 0.303. The first-order valence-electron chi connectivity index (χ1n) is 5.49. The first kappa shape index (κ1) is 15.9. The molecule has 0 aromatic carbocycles. The van der Waals surface area contributed by atoms with Gasteiger partial charge < -0.3 is 18.9 Å². The van der Waals surface area contributed by atoms with E-state index in [-0.39, 0.29) is 38.3 Å². The highest BCUT2D eigenvalue weighted by Gasteiger charge is 2.13. The van der Waals surface area contributed by atoms with Gasteiger partial charge in [-0.05, 0) is 0 Å². The molecule has 0 aliphatic heterocycles. The molecule has 0 radical (unpaired) electrons. The van der Waals surface area contributed by atoms with Crippen molar-refractivity contribution in [2.45, 2.75) is 0 Å². The van der Waals surface area contributed by atoms with E-state index in [4.69, 9.17) is 18.9 Å². The lowest BCUT2D eigenvalue weighted by atomic mass is 10.6. The molecule has 100 valence electrons. The van der Waals surface area contributed by atoms with Crippen molar-refractivity contribution in [3.63, 3.8) is 0 Å². The molecule has 0 atom stereocenters. The number of hydrogen-bond donors (Lipinski definition) is 0. The van der Waals surface area contributed by atoms with Crippen LogP contribution in [-0.2, 0) is 18.9 Å². The van der Waals surface area contributed by atoms with Crippen LogP contribution in [0.3, 0.4) is 0 Å². The maximum atomic E-state index is 5.32. The molecule has 0 heterocycles. The summed E-state index contributed by atoms with van der Waals surface area (Å²) < 4.78 is 21.3. The van der Waals surface area contributed by atoms with Crippen LogP contribution in [0.25, 0.3) is 0 Å². The van der Waals surface area contributed by atoms with E-state index >= 15 is 0 Å². The Morgan fingerprint density at radius 3 is 0.944 bits per heavy atom. The highest BCUT2D eigenvalue weighted by Crippen LogP contribution is 2.12. The summed E-state index contributed by atoms with van der Waals surface area (Å²) in [7, 11) is 0. The van der Waals surface area contributed by atoms with Gasteiger partial charge in [0.15, 0.2) is 0 Å². The molecular formula is C14H20O4. The van der Waals surface area contributed by atoms with Gasteiger partial charge in [0.1, 0.15) is 26.4 Å². The smallest absolute Gasteiger partial charge is 0.364 e. The molecule has 0 amide bonds. The summed E-state index contributed by atoms with van der Waals surface area (Å²) in [6, 6.07) is 0. The van der Waals surface area contributed by atoms with Crippen LogP contribution >= 0.6 is 0 Å². The largest absolute Gasteiger partial charge is 0.456 e. The first-order valence-corrected chi connectivity index (χ1v) is 5.49. The van der Waals surface area contributed by atoms with Gasteiger partial charge in [-0.1, -0.05) is 50.6 Å². The van der Waals surface area contributed by atoms with Gasteiger partial charge in [0, 0.05) is 0 Å². The van der Waals surface area contributed by atoms with Crippen LogP contribution in [0.4, 0.5) is 0 Å². The van der Waals surface area contributed by atoms with Crippen LogP contribution in [0.2, 0.25) is 0 Å². The molecule has 18 heavy (non-hydrogen) atoms.